The van der Waals surface area contributed by atoms with Gasteiger partial charge in [0, 0.05) is 11.8 Å². The first-order valence-corrected chi connectivity index (χ1v) is 6.06. The predicted molar refractivity (Wildman–Crippen MR) is 75.5 cm³/mol. The van der Waals surface area contributed by atoms with Gasteiger partial charge in [-0.25, -0.2) is 0 Å². The number of nitrogen functional groups attached to an aromatic ring is 1. The topological polar surface area (TPSA) is 72.0 Å². The van der Waals surface area contributed by atoms with Gasteiger partial charge < -0.3 is 10.5 Å². The fraction of sp³-hybridized carbons (Fsp3) is 0.200. The van der Waals surface area contributed by atoms with Crippen molar-refractivity contribution in [2.45, 2.75) is 20.5 Å². The van der Waals surface area contributed by atoms with Gasteiger partial charge in [-0.2, -0.15) is 0 Å². The molecule has 4 heteroatoms. The molecule has 0 bridgehead atoms. The van der Waals surface area contributed by atoms with Crippen LogP contribution in [0.4, 0.5) is 0 Å². The number of ether oxygens (including phenoxy) is 1. The molecule has 1 aromatic heterocycles. The van der Waals surface area contributed by atoms with E-state index in [4.69, 9.17) is 15.9 Å². The molecule has 3 N–H and O–H groups in total. The lowest BCUT2D eigenvalue weighted by Gasteiger charge is -2.11. The number of nitrogens with two attached hydrogens (primary N) is 1. The fourth-order valence-corrected chi connectivity index (χ4v) is 1.82. The van der Waals surface area contributed by atoms with Crippen molar-refractivity contribution in [1.29, 1.82) is 5.41 Å². The van der Waals surface area contributed by atoms with Crippen molar-refractivity contribution >= 4 is 5.84 Å². The van der Waals surface area contributed by atoms with Crippen LogP contribution in [0.15, 0.2) is 36.5 Å². The molecule has 0 saturated heterocycles. The summed E-state index contributed by atoms with van der Waals surface area (Å²) in [7, 11) is 0. The van der Waals surface area contributed by atoms with Gasteiger partial charge in [0.15, 0.2) is 0 Å². The van der Waals surface area contributed by atoms with E-state index < -0.39 is 0 Å². The number of pyridine rings is 1. The largest absolute Gasteiger partial charge is 0.489 e. The van der Waals surface area contributed by atoms with Crippen LogP contribution in [0.3, 0.4) is 0 Å². The highest BCUT2D eigenvalue weighted by Gasteiger charge is 2.07. The molecule has 0 fully saturated rings. The number of amidine groups is 1. The van der Waals surface area contributed by atoms with E-state index in [2.05, 4.69) is 4.98 Å². The summed E-state index contributed by atoms with van der Waals surface area (Å²) in [6, 6.07) is 9.76. The molecule has 0 amide bonds. The first kappa shape index (κ1) is 13.1. The Hall–Kier alpha value is -2.36. The number of nitrogens with one attached hydrogen (secondary N) is 1. The summed E-state index contributed by atoms with van der Waals surface area (Å²) in [4.78, 5) is 4.10. The molecule has 1 aromatic carbocycles. The van der Waals surface area contributed by atoms with E-state index in [0.717, 1.165) is 22.4 Å². The number of aromatic nitrogens is 1. The van der Waals surface area contributed by atoms with Gasteiger partial charge in [0.05, 0.1) is 0 Å². The average molecular weight is 255 g/mol. The van der Waals surface area contributed by atoms with E-state index in [-0.39, 0.29) is 5.84 Å². The molecule has 0 aliphatic heterocycles. The Morgan fingerprint density at radius 1 is 1.32 bits per heavy atom. The lowest BCUT2D eigenvalue weighted by molar-refractivity contribution is 0.303. The highest BCUT2D eigenvalue weighted by Crippen LogP contribution is 2.20. The molecule has 19 heavy (non-hydrogen) atoms. The van der Waals surface area contributed by atoms with E-state index in [1.54, 1.807) is 6.20 Å². The minimum atomic E-state index is -0.0415. The Balaban J connectivity index is 2.19. The minimum Gasteiger partial charge on any atom is -0.489 e. The van der Waals surface area contributed by atoms with Gasteiger partial charge in [-0.15, -0.1) is 0 Å². The SMILES string of the molecule is Cc1ccc(C)c(OCc2cccnc2C(=N)N)c1. The molecular formula is C15H17N3O. The molecule has 98 valence electrons. The van der Waals surface area contributed by atoms with Gasteiger partial charge in [0.25, 0.3) is 0 Å². The third-order valence-corrected chi connectivity index (χ3v) is 2.87. The average Bonchev–Trinajstić information content (AvgIpc) is 2.40. The second-order valence-electron chi connectivity index (χ2n) is 4.48. The van der Waals surface area contributed by atoms with Crippen LogP contribution in [-0.2, 0) is 6.61 Å². The van der Waals surface area contributed by atoms with Crippen LogP contribution >= 0.6 is 0 Å². The summed E-state index contributed by atoms with van der Waals surface area (Å²) < 4.78 is 5.80. The van der Waals surface area contributed by atoms with Crippen molar-refractivity contribution in [2.24, 2.45) is 5.73 Å². The van der Waals surface area contributed by atoms with Gasteiger partial charge in [-0.3, -0.25) is 10.4 Å². The van der Waals surface area contributed by atoms with Crippen LogP contribution in [-0.4, -0.2) is 10.8 Å². The standard InChI is InChI=1S/C15H17N3O/c1-10-5-6-11(2)13(8-10)19-9-12-4-3-7-18-14(12)15(16)17/h3-8H,9H2,1-2H3,(H3,16,17). The highest BCUT2D eigenvalue weighted by molar-refractivity contribution is 5.94. The Morgan fingerprint density at radius 3 is 2.84 bits per heavy atom. The molecule has 2 rings (SSSR count). The third kappa shape index (κ3) is 3.10. The maximum absolute atomic E-state index is 7.50. The summed E-state index contributed by atoms with van der Waals surface area (Å²) in [5.41, 5.74) is 9.03. The summed E-state index contributed by atoms with van der Waals surface area (Å²) in [5, 5.41) is 7.50. The Bertz CT molecular complexity index is 608. The van der Waals surface area contributed by atoms with E-state index in [9.17, 15) is 0 Å². The summed E-state index contributed by atoms with van der Waals surface area (Å²) in [6.07, 6.45) is 1.62. The zero-order valence-electron chi connectivity index (χ0n) is 11.1. The third-order valence-electron chi connectivity index (χ3n) is 2.87. The molecule has 0 atom stereocenters. The van der Waals surface area contributed by atoms with Gasteiger partial charge in [-0.1, -0.05) is 18.2 Å². The van der Waals surface area contributed by atoms with Crippen LogP contribution in [0.2, 0.25) is 0 Å². The van der Waals surface area contributed by atoms with Crippen molar-refractivity contribution in [1.82, 2.24) is 4.98 Å². The van der Waals surface area contributed by atoms with Crippen LogP contribution in [0.25, 0.3) is 0 Å². The second-order valence-corrected chi connectivity index (χ2v) is 4.48. The van der Waals surface area contributed by atoms with Crippen LogP contribution < -0.4 is 10.5 Å². The number of hydrogen-bond acceptors (Lipinski definition) is 3. The first-order chi connectivity index (χ1) is 9.08. The van der Waals surface area contributed by atoms with Crippen molar-refractivity contribution in [3.05, 3.63) is 58.9 Å². The van der Waals surface area contributed by atoms with Crippen molar-refractivity contribution in [3.8, 4) is 5.75 Å². The Labute approximate surface area is 112 Å². The van der Waals surface area contributed by atoms with Crippen molar-refractivity contribution < 1.29 is 4.74 Å². The normalized spacial score (nSPS) is 10.2. The van der Waals surface area contributed by atoms with Crippen LogP contribution in [0, 0.1) is 19.3 Å². The molecule has 0 spiro atoms. The number of aryl methyl sites for hydroxylation is 2. The molecular weight excluding hydrogens is 238 g/mol. The zero-order valence-corrected chi connectivity index (χ0v) is 11.1. The van der Waals surface area contributed by atoms with E-state index in [0.29, 0.717) is 12.3 Å². The molecule has 2 aromatic rings. The van der Waals surface area contributed by atoms with Crippen LogP contribution in [0.5, 0.6) is 5.75 Å². The zero-order chi connectivity index (χ0) is 13.8. The molecule has 0 unspecified atom stereocenters. The minimum absolute atomic E-state index is 0.0415. The number of hydrogen-bond donors (Lipinski definition) is 2. The monoisotopic (exact) mass is 255 g/mol. The quantitative estimate of drug-likeness (QED) is 0.651. The smallest absolute Gasteiger partial charge is 0.142 e. The Morgan fingerprint density at radius 2 is 2.11 bits per heavy atom. The molecule has 4 nitrogen and oxygen atoms in total. The summed E-state index contributed by atoms with van der Waals surface area (Å²) in [5.74, 6) is 0.804. The van der Waals surface area contributed by atoms with E-state index >= 15 is 0 Å². The maximum atomic E-state index is 7.50. The molecule has 1 heterocycles. The molecule has 0 aliphatic rings. The lowest BCUT2D eigenvalue weighted by atomic mass is 10.1. The van der Waals surface area contributed by atoms with Gasteiger partial charge >= 0.3 is 0 Å². The summed E-state index contributed by atoms with van der Waals surface area (Å²) >= 11 is 0. The second kappa shape index (κ2) is 5.52. The number of benzene rings is 1. The van der Waals surface area contributed by atoms with Crippen molar-refractivity contribution in [3.63, 3.8) is 0 Å². The van der Waals surface area contributed by atoms with Gasteiger partial charge in [0.2, 0.25) is 0 Å². The fourth-order valence-electron chi connectivity index (χ4n) is 1.82. The predicted octanol–water partition coefficient (Wildman–Crippen LogP) is 2.56. The van der Waals surface area contributed by atoms with Crippen LogP contribution in [0.1, 0.15) is 22.4 Å². The molecule has 0 saturated carbocycles. The van der Waals surface area contributed by atoms with Crippen molar-refractivity contribution in [2.75, 3.05) is 0 Å². The summed E-state index contributed by atoms with van der Waals surface area (Å²) in [6.45, 7) is 4.38. The van der Waals surface area contributed by atoms with Gasteiger partial charge in [-0.05, 0) is 37.1 Å². The lowest BCUT2D eigenvalue weighted by Crippen LogP contribution is -2.16. The molecule has 0 aliphatic carbocycles. The number of nitrogens with zero attached hydrogens (tertiary/aromatic N) is 1. The maximum Gasteiger partial charge on any atom is 0.142 e. The highest BCUT2D eigenvalue weighted by atomic mass is 16.5. The van der Waals surface area contributed by atoms with E-state index in [1.807, 2.05) is 44.2 Å². The van der Waals surface area contributed by atoms with Gasteiger partial charge in [0.1, 0.15) is 23.9 Å². The first-order valence-electron chi connectivity index (χ1n) is 6.06. The molecule has 0 radical (unpaired) electrons. The number of rotatable bonds is 4. The Kier molecular flexibility index (Phi) is 3.80. The van der Waals surface area contributed by atoms with E-state index in [1.165, 1.54) is 0 Å².